The van der Waals surface area contributed by atoms with Crippen LogP contribution in [0.25, 0.3) is 0 Å². The van der Waals surface area contributed by atoms with Crippen LogP contribution in [0.4, 0.5) is 0 Å². The van der Waals surface area contributed by atoms with Gasteiger partial charge in [-0.3, -0.25) is 0 Å². The smallest absolute Gasteiger partial charge is 0.100 e. The van der Waals surface area contributed by atoms with E-state index in [1.54, 1.807) is 0 Å². The first-order chi connectivity index (χ1) is 8.38. The first-order valence-electron chi connectivity index (χ1n) is 6.41. The maximum absolute atomic E-state index is 4.63. The van der Waals surface area contributed by atoms with Crippen LogP contribution in [-0.4, -0.2) is 4.98 Å². The fourth-order valence-electron chi connectivity index (χ4n) is 2.66. The van der Waals surface area contributed by atoms with E-state index in [4.69, 9.17) is 0 Å². The molecule has 3 rings (SSSR count). The summed E-state index contributed by atoms with van der Waals surface area (Å²) in [6.45, 7) is 2.20. The van der Waals surface area contributed by atoms with E-state index in [1.165, 1.54) is 40.3 Å². The number of fused-ring (bicyclic) bond motifs is 1. The summed E-state index contributed by atoms with van der Waals surface area (Å²) >= 11 is 1.89. The number of aryl methyl sites for hydroxylation is 2. The molecule has 1 nitrogen and oxygen atoms in total. The molecule has 2 aromatic rings. The highest BCUT2D eigenvalue weighted by Gasteiger charge is 2.23. The fourth-order valence-corrected chi connectivity index (χ4v) is 3.67. The summed E-state index contributed by atoms with van der Waals surface area (Å²) in [5.74, 6) is 0.547. The molecule has 0 spiro atoms. The second-order valence-corrected chi connectivity index (χ2v) is 5.81. The number of aromatic nitrogens is 1. The second kappa shape index (κ2) is 4.61. The van der Waals surface area contributed by atoms with E-state index in [9.17, 15) is 0 Å². The maximum Gasteiger partial charge on any atom is 0.100 e. The van der Waals surface area contributed by atoms with E-state index in [-0.39, 0.29) is 0 Å². The number of hydrogen-bond acceptors (Lipinski definition) is 2. The van der Waals surface area contributed by atoms with Gasteiger partial charge in [0.15, 0.2) is 0 Å². The van der Waals surface area contributed by atoms with E-state index in [1.807, 2.05) is 11.3 Å². The molecular weight excluding hydrogens is 226 g/mol. The van der Waals surface area contributed by atoms with Crippen molar-refractivity contribution in [3.8, 4) is 0 Å². The summed E-state index contributed by atoms with van der Waals surface area (Å²) in [5.41, 5.74) is 3.03. The molecule has 1 aliphatic rings. The van der Waals surface area contributed by atoms with Gasteiger partial charge in [0.1, 0.15) is 5.01 Å². The van der Waals surface area contributed by atoms with Crippen LogP contribution in [0.2, 0.25) is 0 Å². The van der Waals surface area contributed by atoms with E-state index in [0.717, 1.165) is 6.42 Å². The number of rotatable bonds is 2. The largest absolute Gasteiger partial charge is 0.249 e. The minimum absolute atomic E-state index is 0.547. The summed E-state index contributed by atoms with van der Waals surface area (Å²) < 4.78 is 0. The molecule has 1 aromatic heterocycles. The zero-order valence-electron chi connectivity index (χ0n) is 10.1. The lowest BCUT2D eigenvalue weighted by Crippen LogP contribution is -2.10. The number of hydrogen-bond donors (Lipinski definition) is 0. The van der Waals surface area contributed by atoms with Gasteiger partial charge in [0, 0.05) is 17.0 Å². The van der Waals surface area contributed by atoms with E-state index >= 15 is 0 Å². The summed E-state index contributed by atoms with van der Waals surface area (Å²) in [7, 11) is 0. The van der Waals surface area contributed by atoms with Crippen LogP contribution in [-0.2, 0) is 12.8 Å². The Morgan fingerprint density at radius 1 is 1.35 bits per heavy atom. The van der Waals surface area contributed by atoms with Crippen LogP contribution in [0, 0.1) is 0 Å². The van der Waals surface area contributed by atoms with Gasteiger partial charge in [0.25, 0.3) is 0 Å². The van der Waals surface area contributed by atoms with Gasteiger partial charge in [-0.15, -0.1) is 11.3 Å². The number of nitrogens with zero attached hydrogens (tertiary/aromatic N) is 1. The Labute approximate surface area is 107 Å². The lowest BCUT2D eigenvalue weighted by Gasteiger charge is -2.23. The first kappa shape index (κ1) is 11.0. The van der Waals surface area contributed by atoms with Gasteiger partial charge in [0.05, 0.1) is 0 Å². The zero-order valence-corrected chi connectivity index (χ0v) is 11.0. The van der Waals surface area contributed by atoms with Crippen molar-refractivity contribution < 1.29 is 0 Å². The van der Waals surface area contributed by atoms with Crippen molar-refractivity contribution in [2.45, 2.75) is 38.5 Å². The molecule has 0 bridgehead atoms. The van der Waals surface area contributed by atoms with Gasteiger partial charge in [-0.1, -0.05) is 31.2 Å². The molecule has 0 saturated carbocycles. The van der Waals surface area contributed by atoms with Crippen LogP contribution < -0.4 is 0 Å². The van der Waals surface area contributed by atoms with Crippen LogP contribution in [0.15, 0.2) is 30.5 Å². The molecule has 0 fully saturated rings. The quantitative estimate of drug-likeness (QED) is 0.771. The van der Waals surface area contributed by atoms with Crippen molar-refractivity contribution in [3.63, 3.8) is 0 Å². The molecule has 0 amide bonds. The Morgan fingerprint density at radius 2 is 2.24 bits per heavy atom. The van der Waals surface area contributed by atoms with Crippen molar-refractivity contribution in [3.05, 3.63) is 51.5 Å². The molecule has 2 heteroatoms. The third kappa shape index (κ3) is 2.02. The van der Waals surface area contributed by atoms with Gasteiger partial charge >= 0.3 is 0 Å². The Bertz CT molecular complexity index is 515. The van der Waals surface area contributed by atoms with Gasteiger partial charge in [-0.2, -0.15) is 0 Å². The summed E-state index contributed by atoms with van der Waals surface area (Å²) in [6.07, 6.45) is 6.94. The van der Waals surface area contributed by atoms with Crippen molar-refractivity contribution in [2.24, 2.45) is 0 Å². The molecule has 17 heavy (non-hydrogen) atoms. The van der Waals surface area contributed by atoms with E-state index in [2.05, 4.69) is 42.4 Å². The van der Waals surface area contributed by atoms with Crippen LogP contribution in [0.5, 0.6) is 0 Å². The normalized spacial score (nSPS) is 19.0. The summed E-state index contributed by atoms with van der Waals surface area (Å²) in [5, 5.41) is 1.31. The molecule has 1 aromatic carbocycles. The third-order valence-electron chi connectivity index (χ3n) is 3.59. The van der Waals surface area contributed by atoms with Crippen molar-refractivity contribution in [1.29, 1.82) is 0 Å². The Morgan fingerprint density at radius 3 is 3.06 bits per heavy atom. The predicted octanol–water partition coefficient (Wildman–Crippen LogP) is 4.17. The maximum atomic E-state index is 4.63. The molecule has 1 atom stereocenters. The molecule has 0 saturated heterocycles. The molecular formula is C15H17NS. The van der Waals surface area contributed by atoms with Gasteiger partial charge in [-0.05, 0) is 36.8 Å². The van der Waals surface area contributed by atoms with Crippen molar-refractivity contribution in [2.75, 3.05) is 0 Å². The fraction of sp³-hybridized carbons (Fsp3) is 0.400. The predicted molar refractivity (Wildman–Crippen MR) is 72.7 cm³/mol. The summed E-state index contributed by atoms with van der Waals surface area (Å²) in [6, 6.07) is 8.87. The zero-order chi connectivity index (χ0) is 11.7. The monoisotopic (exact) mass is 243 g/mol. The standard InChI is InChI=1S/C15H17NS/c1-2-12-10-16-15(17-12)14-9-5-7-11-6-3-4-8-13(11)14/h3-4,6,8,10,14H,2,5,7,9H2,1H3. The van der Waals surface area contributed by atoms with E-state index < -0.39 is 0 Å². The average Bonchev–Trinajstić information content (AvgIpc) is 2.87. The van der Waals surface area contributed by atoms with Crippen LogP contribution >= 0.6 is 11.3 Å². The van der Waals surface area contributed by atoms with Crippen LogP contribution in [0.3, 0.4) is 0 Å². The van der Waals surface area contributed by atoms with E-state index in [0.29, 0.717) is 5.92 Å². The van der Waals surface area contributed by atoms with Crippen molar-refractivity contribution in [1.82, 2.24) is 4.98 Å². The van der Waals surface area contributed by atoms with Gasteiger partial charge in [-0.25, -0.2) is 4.98 Å². The minimum atomic E-state index is 0.547. The second-order valence-electron chi connectivity index (χ2n) is 4.66. The molecule has 1 heterocycles. The Kier molecular flexibility index (Phi) is 2.98. The number of thiazole rings is 1. The molecule has 1 unspecified atom stereocenters. The Balaban J connectivity index is 1.99. The highest BCUT2D eigenvalue weighted by Crippen LogP contribution is 2.38. The molecule has 1 aliphatic carbocycles. The first-order valence-corrected chi connectivity index (χ1v) is 7.22. The highest BCUT2D eigenvalue weighted by atomic mass is 32.1. The molecule has 0 N–H and O–H groups in total. The average molecular weight is 243 g/mol. The third-order valence-corrected chi connectivity index (χ3v) is 4.84. The topological polar surface area (TPSA) is 12.9 Å². The SMILES string of the molecule is CCc1cnc(C2CCCc3ccccc32)s1. The lowest BCUT2D eigenvalue weighted by atomic mass is 9.83. The molecule has 0 radical (unpaired) electrons. The lowest BCUT2D eigenvalue weighted by molar-refractivity contribution is 0.613. The Hall–Kier alpha value is -1.15. The van der Waals surface area contributed by atoms with Gasteiger partial charge in [0.2, 0.25) is 0 Å². The highest BCUT2D eigenvalue weighted by molar-refractivity contribution is 7.11. The van der Waals surface area contributed by atoms with Crippen LogP contribution in [0.1, 0.15) is 46.7 Å². The molecule has 0 aliphatic heterocycles. The molecule has 88 valence electrons. The number of benzene rings is 1. The van der Waals surface area contributed by atoms with Crippen molar-refractivity contribution >= 4 is 11.3 Å². The van der Waals surface area contributed by atoms with Gasteiger partial charge < -0.3 is 0 Å². The summed E-state index contributed by atoms with van der Waals surface area (Å²) in [4.78, 5) is 6.03. The minimum Gasteiger partial charge on any atom is -0.249 e.